The first kappa shape index (κ1) is 21.0. The lowest BCUT2D eigenvalue weighted by Crippen LogP contribution is -2.60. The second kappa shape index (κ2) is 6.63. The van der Waals surface area contributed by atoms with Gasteiger partial charge in [0, 0.05) is 0 Å². The third-order valence-corrected chi connectivity index (χ3v) is 5.37. The predicted octanol–water partition coefficient (Wildman–Crippen LogP) is 3.02. The minimum absolute atomic E-state index is 0.0515. The Morgan fingerprint density at radius 3 is 1.91 bits per heavy atom. The Labute approximate surface area is 123 Å². The second-order valence-corrected chi connectivity index (χ2v) is 6.89. The number of halogens is 6. The van der Waals surface area contributed by atoms with Crippen LogP contribution >= 0.6 is 0 Å². The molecule has 0 aliphatic heterocycles. The van der Waals surface area contributed by atoms with Crippen molar-refractivity contribution in [3.63, 3.8) is 0 Å². The predicted molar refractivity (Wildman–Crippen MR) is 64.8 cm³/mol. The van der Waals surface area contributed by atoms with Crippen LogP contribution in [0.25, 0.3) is 0 Å². The van der Waals surface area contributed by atoms with Gasteiger partial charge in [-0.05, 0) is 13.3 Å². The minimum atomic E-state index is -6.14. The van der Waals surface area contributed by atoms with Crippen molar-refractivity contribution in [2.75, 3.05) is 7.11 Å². The SMILES string of the molecule is CCCCC(C(=O)OC)S(=O)(=O)C(F)(F)C(C)(F)C(F)(F)F. The van der Waals surface area contributed by atoms with Gasteiger partial charge in [0.25, 0.3) is 5.67 Å². The highest BCUT2D eigenvalue weighted by Gasteiger charge is 2.75. The largest absolute Gasteiger partial charge is 0.468 e. The molecular weight excluding hydrogens is 342 g/mol. The molecule has 0 fully saturated rings. The van der Waals surface area contributed by atoms with Crippen molar-refractivity contribution in [2.24, 2.45) is 0 Å². The molecule has 0 saturated heterocycles. The molecule has 0 rings (SSSR count). The Kier molecular flexibility index (Phi) is 6.33. The summed E-state index contributed by atoms with van der Waals surface area (Å²) < 4.78 is 106. The molecule has 0 N–H and O–H groups in total. The molecular formula is C11H16F6O4S. The zero-order valence-electron chi connectivity index (χ0n) is 12.0. The topological polar surface area (TPSA) is 60.4 Å². The summed E-state index contributed by atoms with van der Waals surface area (Å²) in [5.41, 5.74) is -5.35. The highest BCUT2D eigenvalue weighted by molar-refractivity contribution is 7.93. The van der Waals surface area contributed by atoms with E-state index in [2.05, 4.69) is 4.74 Å². The second-order valence-electron chi connectivity index (χ2n) is 4.72. The number of hydrogen-bond donors (Lipinski definition) is 0. The maximum atomic E-state index is 13.8. The maximum absolute atomic E-state index is 13.8. The van der Waals surface area contributed by atoms with Gasteiger partial charge in [-0.1, -0.05) is 19.8 Å². The van der Waals surface area contributed by atoms with Crippen molar-refractivity contribution in [2.45, 2.75) is 55.5 Å². The van der Waals surface area contributed by atoms with Crippen molar-refractivity contribution in [3.05, 3.63) is 0 Å². The first-order chi connectivity index (χ1) is 9.68. The molecule has 2 unspecified atom stereocenters. The van der Waals surface area contributed by atoms with E-state index >= 15 is 0 Å². The zero-order valence-corrected chi connectivity index (χ0v) is 12.8. The van der Waals surface area contributed by atoms with Crippen LogP contribution in [0.4, 0.5) is 26.3 Å². The molecule has 2 atom stereocenters. The maximum Gasteiger partial charge on any atom is 0.429 e. The van der Waals surface area contributed by atoms with Crippen molar-refractivity contribution < 1.29 is 44.3 Å². The third kappa shape index (κ3) is 3.49. The van der Waals surface area contributed by atoms with E-state index in [1.165, 1.54) is 6.92 Å². The number of alkyl halides is 6. The highest BCUT2D eigenvalue weighted by Crippen LogP contribution is 2.49. The minimum Gasteiger partial charge on any atom is -0.468 e. The van der Waals surface area contributed by atoms with E-state index in [0.717, 1.165) is 0 Å². The number of methoxy groups -OCH3 is 1. The van der Waals surface area contributed by atoms with Crippen LogP contribution < -0.4 is 0 Å². The van der Waals surface area contributed by atoms with Gasteiger partial charge in [0.1, 0.15) is 0 Å². The lowest BCUT2D eigenvalue weighted by molar-refractivity contribution is -0.271. The summed E-state index contributed by atoms with van der Waals surface area (Å²) in [6.45, 7) is 0.951. The summed E-state index contributed by atoms with van der Waals surface area (Å²) in [5.74, 6) is -1.66. The first-order valence-corrected chi connectivity index (χ1v) is 7.67. The van der Waals surface area contributed by atoms with Gasteiger partial charge in [-0.3, -0.25) is 4.79 Å². The van der Waals surface area contributed by atoms with Crippen molar-refractivity contribution in [3.8, 4) is 0 Å². The number of carbonyl (C=O) groups is 1. The molecule has 0 aliphatic rings. The van der Waals surface area contributed by atoms with Crippen LogP contribution in [0.1, 0.15) is 33.1 Å². The number of rotatable bonds is 7. The number of hydrogen-bond acceptors (Lipinski definition) is 4. The molecule has 0 aromatic heterocycles. The van der Waals surface area contributed by atoms with Gasteiger partial charge in [0.15, 0.2) is 5.25 Å². The molecule has 0 aromatic rings. The molecule has 0 aliphatic carbocycles. The van der Waals surface area contributed by atoms with E-state index in [4.69, 9.17) is 0 Å². The first-order valence-electron chi connectivity index (χ1n) is 6.13. The molecule has 132 valence electrons. The summed E-state index contributed by atoms with van der Waals surface area (Å²) in [7, 11) is -5.44. The van der Waals surface area contributed by atoms with Crippen LogP contribution in [0.3, 0.4) is 0 Å². The van der Waals surface area contributed by atoms with E-state index in [1.54, 1.807) is 0 Å². The van der Waals surface area contributed by atoms with E-state index < -0.39 is 51.5 Å². The van der Waals surface area contributed by atoms with Crippen molar-refractivity contribution in [1.29, 1.82) is 0 Å². The molecule has 0 heterocycles. The van der Waals surface area contributed by atoms with Gasteiger partial charge < -0.3 is 4.74 Å². The fourth-order valence-corrected chi connectivity index (χ4v) is 3.37. The quantitative estimate of drug-likeness (QED) is 0.519. The van der Waals surface area contributed by atoms with Gasteiger partial charge in [-0.25, -0.2) is 12.8 Å². The molecule has 0 spiro atoms. The highest BCUT2D eigenvalue weighted by atomic mass is 32.2. The van der Waals surface area contributed by atoms with Gasteiger partial charge in [-0.2, -0.15) is 22.0 Å². The summed E-state index contributed by atoms with van der Waals surface area (Å²) in [6, 6.07) is 0. The summed E-state index contributed by atoms with van der Waals surface area (Å²) in [6.07, 6.45) is -6.62. The Morgan fingerprint density at radius 2 is 1.59 bits per heavy atom. The summed E-state index contributed by atoms with van der Waals surface area (Å²) in [5, 5.41) is -8.42. The van der Waals surface area contributed by atoms with E-state index in [1.807, 2.05) is 0 Å². The summed E-state index contributed by atoms with van der Waals surface area (Å²) >= 11 is 0. The van der Waals surface area contributed by atoms with Crippen LogP contribution in [-0.4, -0.2) is 43.8 Å². The normalized spacial score (nSPS) is 17.7. The average Bonchev–Trinajstić information content (AvgIpc) is 2.36. The van der Waals surface area contributed by atoms with Crippen LogP contribution in [0.5, 0.6) is 0 Å². The molecule has 0 aromatic carbocycles. The van der Waals surface area contributed by atoms with Crippen LogP contribution in [0, 0.1) is 0 Å². The van der Waals surface area contributed by atoms with Crippen LogP contribution in [0.2, 0.25) is 0 Å². The fourth-order valence-electron chi connectivity index (χ4n) is 1.53. The smallest absolute Gasteiger partial charge is 0.429 e. The Hall–Kier alpha value is -1.00. The number of carbonyl (C=O) groups excluding carboxylic acids is 1. The Morgan fingerprint density at radius 1 is 1.14 bits per heavy atom. The number of sulfone groups is 1. The van der Waals surface area contributed by atoms with Crippen molar-refractivity contribution >= 4 is 15.8 Å². The van der Waals surface area contributed by atoms with Crippen LogP contribution in [0.15, 0.2) is 0 Å². The Bertz CT molecular complexity index is 497. The van der Waals surface area contributed by atoms with E-state index in [9.17, 15) is 39.6 Å². The molecule has 22 heavy (non-hydrogen) atoms. The van der Waals surface area contributed by atoms with Gasteiger partial charge in [0.2, 0.25) is 9.84 Å². The molecule has 0 amide bonds. The lowest BCUT2D eigenvalue weighted by atomic mass is 10.1. The fraction of sp³-hybridized carbons (Fsp3) is 0.909. The van der Waals surface area contributed by atoms with Gasteiger partial charge >= 0.3 is 17.4 Å². The standard InChI is InChI=1S/C11H16F6O4S/c1-4-5-6-7(8(18)21-3)22(19,20)11(16,17)9(2,12)10(13,14)15/h7H,4-6H2,1-3H3. The molecule has 0 saturated carbocycles. The zero-order chi connectivity index (χ0) is 18.0. The molecule has 0 bridgehead atoms. The van der Waals surface area contributed by atoms with Crippen LogP contribution in [-0.2, 0) is 19.4 Å². The third-order valence-electron chi connectivity index (χ3n) is 3.09. The number of unbranched alkanes of at least 4 members (excludes halogenated alkanes) is 1. The molecule has 4 nitrogen and oxygen atoms in total. The number of esters is 1. The van der Waals surface area contributed by atoms with Crippen molar-refractivity contribution in [1.82, 2.24) is 0 Å². The lowest BCUT2D eigenvalue weighted by Gasteiger charge is -2.33. The van der Waals surface area contributed by atoms with Gasteiger partial charge in [-0.15, -0.1) is 0 Å². The average molecular weight is 358 g/mol. The summed E-state index contributed by atoms with van der Waals surface area (Å²) in [4.78, 5) is 11.3. The van der Waals surface area contributed by atoms with E-state index in [-0.39, 0.29) is 12.8 Å². The number of ether oxygens (including phenoxy) is 1. The van der Waals surface area contributed by atoms with Gasteiger partial charge in [0.05, 0.1) is 7.11 Å². The molecule has 0 radical (unpaired) electrons. The monoisotopic (exact) mass is 358 g/mol. The van der Waals surface area contributed by atoms with E-state index in [0.29, 0.717) is 7.11 Å². The molecule has 11 heteroatoms. The Balaban J connectivity index is 5.99.